The predicted molar refractivity (Wildman–Crippen MR) is 111 cm³/mol. The summed E-state index contributed by atoms with van der Waals surface area (Å²) in [5.74, 6) is 1.34. The summed E-state index contributed by atoms with van der Waals surface area (Å²) < 4.78 is 11.3. The van der Waals surface area contributed by atoms with Gasteiger partial charge in [0.2, 0.25) is 0 Å². The molecule has 138 valence electrons. The van der Waals surface area contributed by atoms with Gasteiger partial charge in [0, 0.05) is 4.88 Å². The Morgan fingerprint density at radius 3 is 2.56 bits per heavy atom. The molecule has 1 aromatic heterocycles. The minimum absolute atomic E-state index is 0.0167. The van der Waals surface area contributed by atoms with Gasteiger partial charge >= 0.3 is 0 Å². The minimum atomic E-state index is 0.0167. The van der Waals surface area contributed by atoms with Crippen molar-refractivity contribution in [1.82, 2.24) is 0 Å². The highest BCUT2D eigenvalue weighted by Crippen LogP contribution is 2.29. The van der Waals surface area contributed by atoms with E-state index in [4.69, 9.17) is 9.47 Å². The Labute approximate surface area is 163 Å². The third kappa shape index (κ3) is 5.08. The molecule has 0 fully saturated rings. The highest BCUT2D eigenvalue weighted by atomic mass is 32.1. The number of rotatable bonds is 8. The number of carbonyl (C=O) groups is 1. The zero-order valence-corrected chi connectivity index (χ0v) is 16.3. The molecule has 0 unspecified atom stereocenters. The number of carbonyl (C=O) groups excluding carboxylic acids is 1. The lowest BCUT2D eigenvalue weighted by molar-refractivity contribution is 0.105. The van der Waals surface area contributed by atoms with Gasteiger partial charge in [0.25, 0.3) is 0 Å². The van der Waals surface area contributed by atoms with Gasteiger partial charge in [0.1, 0.15) is 6.61 Å². The van der Waals surface area contributed by atoms with Crippen LogP contribution in [0.15, 0.2) is 66.7 Å². The van der Waals surface area contributed by atoms with Crippen LogP contribution in [0.2, 0.25) is 0 Å². The molecular formula is C23H22O3S. The highest BCUT2D eigenvalue weighted by molar-refractivity contribution is 7.14. The van der Waals surface area contributed by atoms with Crippen LogP contribution in [0.5, 0.6) is 11.5 Å². The van der Waals surface area contributed by atoms with Gasteiger partial charge in [-0.05, 0) is 47.9 Å². The summed E-state index contributed by atoms with van der Waals surface area (Å²) >= 11 is 1.55. The third-order valence-corrected chi connectivity index (χ3v) is 5.35. The van der Waals surface area contributed by atoms with E-state index >= 15 is 0 Å². The van der Waals surface area contributed by atoms with Crippen molar-refractivity contribution in [2.75, 3.05) is 7.11 Å². The molecule has 0 amide bonds. The van der Waals surface area contributed by atoms with Gasteiger partial charge in [-0.2, -0.15) is 0 Å². The smallest absolute Gasteiger partial charge is 0.195 e. The number of methoxy groups -OCH3 is 1. The molecule has 0 aliphatic rings. The van der Waals surface area contributed by atoms with E-state index in [1.165, 1.54) is 4.88 Å². The van der Waals surface area contributed by atoms with E-state index in [-0.39, 0.29) is 5.78 Å². The average molecular weight is 378 g/mol. The number of ether oxygens (including phenoxy) is 2. The molecule has 3 nitrogen and oxygen atoms in total. The predicted octanol–water partition coefficient (Wildman–Crippen LogP) is 5.79. The Balaban J connectivity index is 1.68. The molecule has 3 rings (SSSR count). The maximum atomic E-state index is 12.3. The van der Waals surface area contributed by atoms with Crippen molar-refractivity contribution in [3.05, 3.63) is 87.6 Å². The van der Waals surface area contributed by atoms with E-state index < -0.39 is 0 Å². The van der Waals surface area contributed by atoms with Crippen molar-refractivity contribution in [2.45, 2.75) is 20.0 Å². The Morgan fingerprint density at radius 1 is 1.04 bits per heavy atom. The topological polar surface area (TPSA) is 35.5 Å². The van der Waals surface area contributed by atoms with E-state index in [1.807, 2.05) is 60.7 Å². The molecule has 0 saturated heterocycles. The summed E-state index contributed by atoms with van der Waals surface area (Å²) in [5.41, 5.74) is 1.98. The van der Waals surface area contributed by atoms with Crippen LogP contribution >= 0.6 is 11.3 Å². The third-order valence-electron chi connectivity index (χ3n) is 4.10. The number of hydrogen-bond donors (Lipinski definition) is 0. The molecule has 0 aliphatic heterocycles. The number of benzene rings is 2. The fraction of sp³-hybridized carbons (Fsp3) is 0.174. The zero-order valence-electron chi connectivity index (χ0n) is 15.5. The lowest BCUT2D eigenvalue weighted by Gasteiger charge is -2.11. The molecule has 0 saturated carbocycles. The molecule has 0 N–H and O–H groups in total. The molecule has 0 radical (unpaired) electrons. The summed E-state index contributed by atoms with van der Waals surface area (Å²) in [5, 5.41) is 0. The van der Waals surface area contributed by atoms with Crippen LogP contribution in [0, 0.1) is 0 Å². The lowest BCUT2D eigenvalue weighted by atomic mass is 10.1. The van der Waals surface area contributed by atoms with Crippen LogP contribution in [0.4, 0.5) is 0 Å². The molecule has 27 heavy (non-hydrogen) atoms. The second kappa shape index (κ2) is 9.19. The first kappa shape index (κ1) is 18.9. The zero-order chi connectivity index (χ0) is 19.1. The van der Waals surface area contributed by atoms with Crippen LogP contribution in [0.3, 0.4) is 0 Å². The van der Waals surface area contributed by atoms with Gasteiger partial charge in [-0.25, -0.2) is 0 Å². The van der Waals surface area contributed by atoms with Crippen molar-refractivity contribution in [1.29, 1.82) is 0 Å². The van der Waals surface area contributed by atoms with Crippen LogP contribution in [-0.2, 0) is 13.0 Å². The fourth-order valence-corrected chi connectivity index (χ4v) is 3.46. The first-order chi connectivity index (χ1) is 13.2. The first-order valence-corrected chi connectivity index (χ1v) is 9.67. The standard InChI is InChI=1S/C23H22O3S/c1-3-19-11-14-23(27-19)20(24)12-9-17-10-13-21(22(15-17)25-2)26-16-18-7-5-4-6-8-18/h4-15H,3,16H2,1-2H3/b12-9+. The van der Waals surface area contributed by atoms with E-state index in [1.54, 1.807) is 30.6 Å². The molecule has 0 atom stereocenters. The number of hydrogen-bond acceptors (Lipinski definition) is 4. The van der Waals surface area contributed by atoms with Crippen molar-refractivity contribution >= 4 is 23.2 Å². The van der Waals surface area contributed by atoms with E-state index in [9.17, 15) is 4.79 Å². The van der Waals surface area contributed by atoms with Crippen LogP contribution in [-0.4, -0.2) is 12.9 Å². The summed E-state index contributed by atoms with van der Waals surface area (Å²) in [7, 11) is 1.61. The molecule has 0 bridgehead atoms. The maximum absolute atomic E-state index is 12.3. The molecule has 2 aromatic carbocycles. The molecule has 1 heterocycles. The van der Waals surface area contributed by atoms with Crippen LogP contribution in [0.25, 0.3) is 6.08 Å². The average Bonchev–Trinajstić information content (AvgIpc) is 3.21. The molecule has 3 aromatic rings. The number of thiophene rings is 1. The van der Waals surface area contributed by atoms with Gasteiger partial charge in [0.15, 0.2) is 17.3 Å². The lowest BCUT2D eigenvalue weighted by Crippen LogP contribution is -1.97. The van der Waals surface area contributed by atoms with Crippen molar-refractivity contribution in [3.63, 3.8) is 0 Å². The Hall–Kier alpha value is -2.85. The fourth-order valence-electron chi connectivity index (χ4n) is 2.60. The molecule has 4 heteroatoms. The largest absolute Gasteiger partial charge is 0.493 e. The maximum Gasteiger partial charge on any atom is 0.195 e. The van der Waals surface area contributed by atoms with Gasteiger partial charge in [-0.1, -0.05) is 49.4 Å². The second-order valence-corrected chi connectivity index (χ2v) is 7.17. The summed E-state index contributed by atoms with van der Waals surface area (Å²) in [6.45, 7) is 2.56. The van der Waals surface area contributed by atoms with Gasteiger partial charge < -0.3 is 9.47 Å². The molecule has 0 spiro atoms. The Kier molecular flexibility index (Phi) is 6.44. The monoisotopic (exact) mass is 378 g/mol. The minimum Gasteiger partial charge on any atom is -0.493 e. The Morgan fingerprint density at radius 2 is 1.85 bits per heavy atom. The first-order valence-electron chi connectivity index (χ1n) is 8.85. The molecule has 0 aliphatic carbocycles. The summed E-state index contributed by atoms with van der Waals surface area (Å²) in [6.07, 6.45) is 4.35. The van der Waals surface area contributed by atoms with Crippen LogP contribution < -0.4 is 9.47 Å². The SMILES string of the molecule is CCc1ccc(C(=O)/C=C/c2ccc(OCc3ccccc3)c(OC)c2)s1. The highest BCUT2D eigenvalue weighted by Gasteiger charge is 2.07. The van der Waals surface area contributed by atoms with Gasteiger partial charge in [-0.15, -0.1) is 11.3 Å². The van der Waals surface area contributed by atoms with Gasteiger partial charge in [0.05, 0.1) is 12.0 Å². The number of allylic oxidation sites excluding steroid dienone is 1. The summed E-state index contributed by atoms with van der Waals surface area (Å²) in [6, 6.07) is 19.5. The van der Waals surface area contributed by atoms with Crippen molar-refractivity contribution in [2.24, 2.45) is 0 Å². The van der Waals surface area contributed by atoms with Crippen molar-refractivity contribution in [3.8, 4) is 11.5 Å². The van der Waals surface area contributed by atoms with E-state index in [2.05, 4.69) is 6.92 Å². The Bertz CT molecular complexity index is 926. The van der Waals surface area contributed by atoms with E-state index in [0.717, 1.165) is 22.4 Å². The van der Waals surface area contributed by atoms with Gasteiger partial charge in [-0.3, -0.25) is 4.79 Å². The number of ketones is 1. The number of aryl methyl sites for hydroxylation is 1. The summed E-state index contributed by atoms with van der Waals surface area (Å²) in [4.78, 5) is 14.3. The second-order valence-electron chi connectivity index (χ2n) is 6.00. The van der Waals surface area contributed by atoms with Crippen molar-refractivity contribution < 1.29 is 14.3 Å². The quantitative estimate of drug-likeness (QED) is 0.367. The van der Waals surface area contributed by atoms with Crippen LogP contribution in [0.1, 0.15) is 32.6 Å². The normalized spacial score (nSPS) is 10.9. The van der Waals surface area contributed by atoms with E-state index in [0.29, 0.717) is 18.1 Å². The molecular weight excluding hydrogens is 356 g/mol.